The molecule has 2 atom stereocenters. The molecule has 0 radical (unpaired) electrons. The molecule has 2 unspecified atom stereocenters. The van der Waals surface area contributed by atoms with E-state index < -0.39 is 0 Å². The molecule has 0 fully saturated rings. The van der Waals surface area contributed by atoms with Gasteiger partial charge in [-0.1, -0.05) is 29.3 Å². The summed E-state index contributed by atoms with van der Waals surface area (Å²) in [5.41, 5.74) is 8.00. The highest BCUT2D eigenvalue weighted by molar-refractivity contribution is 6.32. The normalized spacial score (nSPS) is 21.1. The summed E-state index contributed by atoms with van der Waals surface area (Å²) in [7, 11) is 0. The third-order valence-corrected chi connectivity index (χ3v) is 3.99. The van der Waals surface area contributed by atoms with Gasteiger partial charge in [0.15, 0.2) is 0 Å². The highest BCUT2D eigenvalue weighted by Gasteiger charge is 2.27. The quantitative estimate of drug-likeness (QED) is 0.829. The minimum atomic E-state index is -0.184. The second kappa shape index (κ2) is 5.17. The Morgan fingerprint density at radius 3 is 2.70 bits per heavy atom. The number of ether oxygens (including phenoxy) is 1. The lowest BCUT2D eigenvalue weighted by molar-refractivity contribution is 0.161. The van der Waals surface area contributed by atoms with Crippen LogP contribution in [0.4, 0.5) is 0 Å². The van der Waals surface area contributed by atoms with Gasteiger partial charge in [0.25, 0.3) is 0 Å². The number of fused-ring (bicyclic) bond motifs is 1. The van der Waals surface area contributed by atoms with E-state index in [-0.39, 0.29) is 17.9 Å². The molecule has 5 heteroatoms. The standard InChI is InChI=1S/C15H13Cl2NO2/c16-9-2-4-14-10(6-9)12(18)7-15(20-14)8-1-3-13(19)11(17)5-8/h1-6,12,15,19H,7,18H2. The molecule has 20 heavy (non-hydrogen) atoms. The van der Waals surface area contributed by atoms with Crippen LogP contribution in [0, 0.1) is 0 Å². The van der Waals surface area contributed by atoms with Crippen molar-refractivity contribution >= 4 is 23.2 Å². The van der Waals surface area contributed by atoms with E-state index in [1.54, 1.807) is 24.3 Å². The highest BCUT2D eigenvalue weighted by Crippen LogP contribution is 2.41. The number of phenols is 1. The van der Waals surface area contributed by atoms with Gasteiger partial charge in [0.1, 0.15) is 17.6 Å². The van der Waals surface area contributed by atoms with Crippen LogP contribution in [0.5, 0.6) is 11.5 Å². The van der Waals surface area contributed by atoms with Crippen LogP contribution in [-0.2, 0) is 0 Å². The summed E-state index contributed by atoms with van der Waals surface area (Å²) in [5, 5.41) is 10.4. The Bertz CT molecular complexity index is 660. The molecule has 2 aromatic rings. The molecule has 104 valence electrons. The molecule has 0 aromatic heterocycles. The van der Waals surface area contributed by atoms with Gasteiger partial charge in [0.05, 0.1) is 5.02 Å². The molecule has 0 spiro atoms. The molecule has 1 aliphatic heterocycles. The molecule has 1 aliphatic rings. The van der Waals surface area contributed by atoms with E-state index in [4.69, 9.17) is 33.7 Å². The SMILES string of the molecule is NC1CC(c2ccc(O)c(Cl)c2)Oc2ccc(Cl)cc21. The fourth-order valence-corrected chi connectivity index (χ4v) is 2.77. The number of phenolic OH excluding ortho intramolecular Hbond substituents is 1. The van der Waals surface area contributed by atoms with E-state index in [0.717, 1.165) is 16.9 Å². The van der Waals surface area contributed by atoms with Crippen LogP contribution in [0.1, 0.15) is 29.7 Å². The summed E-state index contributed by atoms with van der Waals surface area (Å²) in [6.45, 7) is 0. The predicted molar refractivity (Wildman–Crippen MR) is 79.5 cm³/mol. The van der Waals surface area contributed by atoms with Gasteiger partial charge in [0.2, 0.25) is 0 Å². The average Bonchev–Trinajstić information content (AvgIpc) is 2.42. The largest absolute Gasteiger partial charge is 0.506 e. The van der Waals surface area contributed by atoms with E-state index in [1.807, 2.05) is 12.1 Å². The second-order valence-electron chi connectivity index (χ2n) is 4.84. The first-order chi connectivity index (χ1) is 9.54. The molecule has 0 saturated carbocycles. The van der Waals surface area contributed by atoms with Crippen molar-refractivity contribution < 1.29 is 9.84 Å². The van der Waals surface area contributed by atoms with Gasteiger partial charge in [-0.3, -0.25) is 0 Å². The zero-order valence-corrected chi connectivity index (χ0v) is 12.0. The number of rotatable bonds is 1. The third kappa shape index (κ3) is 2.44. The van der Waals surface area contributed by atoms with Crippen molar-refractivity contribution in [1.29, 1.82) is 0 Å². The zero-order valence-electron chi connectivity index (χ0n) is 10.5. The fourth-order valence-electron chi connectivity index (χ4n) is 2.40. The van der Waals surface area contributed by atoms with Crippen molar-refractivity contribution in [3.8, 4) is 11.5 Å². The number of aromatic hydroxyl groups is 1. The Hall–Kier alpha value is -1.42. The minimum Gasteiger partial charge on any atom is -0.506 e. The van der Waals surface area contributed by atoms with E-state index >= 15 is 0 Å². The van der Waals surface area contributed by atoms with Crippen LogP contribution in [-0.4, -0.2) is 5.11 Å². The summed E-state index contributed by atoms with van der Waals surface area (Å²) in [6.07, 6.45) is 0.450. The zero-order chi connectivity index (χ0) is 14.3. The molecule has 0 saturated heterocycles. The van der Waals surface area contributed by atoms with Crippen molar-refractivity contribution in [2.45, 2.75) is 18.6 Å². The van der Waals surface area contributed by atoms with Crippen LogP contribution in [0.15, 0.2) is 36.4 Å². The van der Waals surface area contributed by atoms with Crippen molar-refractivity contribution in [2.75, 3.05) is 0 Å². The maximum atomic E-state index is 9.47. The van der Waals surface area contributed by atoms with E-state index in [9.17, 15) is 5.11 Å². The summed E-state index contributed by atoms with van der Waals surface area (Å²) in [5.74, 6) is 0.796. The molecule has 0 amide bonds. The molecule has 3 N–H and O–H groups in total. The van der Waals surface area contributed by atoms with E-state index in [2.05, 4.69) is 0 Å². The Labute approximate surface area is 126 Å². The number of nitrogens with two attached hydrogens (primary N) is 1. The van der Waals surface area contributed by atoms with Crippen LogP contribution in [0.25, 0.3) is 0 Å². The van der Waals surface area contributed by atoms with Crippen LogP contribution in [0.3, 0.4) is 0 Å². The number of hydrogen-bond donors (Lipinski definition) is 2. The lowest BCUT2D eigenvalue weighted by atomic mass is 9.93. The first-order valence-corrected chi connectivity index (χ1v) is 7.00. The van der Waals surface area contributed by atoms with Gasteiger partial charge >= 0.3 is 0 Å². The highest BCUT2D eigenvalue weighted by atomic mass is 35.5. The number of benzene rings is 2. The predicted octanol–water partition coefficient (Wildman–Crippen LogP) is 4.22. The van der Waals surface area contributed by atoms with Crippen molar-refractivity contribution in [3.05, 3.63) is 57.6 Å². The molecular weight excluding hydrogens is 297 g/mol. The van der Waals surface area contributed by atoms with Gasteiger partial charge in [0, 0.05) is 23.0 Å². The van der Waals surface area contributed by atoms with Crippen LogP contribution in [0.2, 0.25) is 10.0 Å². The van der Waals surface area contributed by atoms with Crippen LogP contribution < -0.4 is 10.5 Å². The lowest BCUT2D eigenvalue weighted by Crippen LogP contribution is -2.24. The first kappa shape index (κ1) is 13.6. The number of halogens is 2. The smallest absolute Gasteiger partial charge is 0.134 e. The van der Waals surface area contributed by atoms with E-state index in [1.165, 1.54) is 0 Å². The Morgan fingerprint density at radius 2 is 1.95 bits per heavy atom. The monoisotopic (exact) mass is 309 g/mol. The minimum absolute atomic E-state index is 0.0581. The topological polar surface area (TPSA) is 55.5 Å². The van der Waals surface area contributed by atoms with Crippen LogP contribution >= 0.6 is 23.2 Å². The van der Waals surface area contributed by atoms with Crippen molar-refractivity contribution in [3.63, 3.8) is 0 Å². The molecule has 3 rings (SSSR count). The third-order valence-electron chi connectivity index (χ3n) is 3.45. The summed E-state index contributed by atoms with van der Waals surface area (Å²) < 4.78 is 5.96. The van der Waals surface area contributed by atoms with Gasteiger partial charge in [-0.2, -0.15) is 0 Å². The van der Waals surface area contributed by atoms with Crippen molar-refractivity contribution in [2.24, 2.45) is 5.73 Å². The van der Waals surface area contributed by atoms with Gasteiger partial charge < -0.3 is 15.6 Å². The Balaban J connectivity index is 1.94. The van der Waals surface area contributed by atoms with Crippen molar-refractivity contribution in [1.82, 2.24) is 0 Å². The number of hydrogen-bond acceptors (Lipinski definition) is 3. The van der Waals surface area contributed by atoms with Gasteiger partial charge in [-0.15, -0.1) is 0 Å². The average molecular weight is 310 g/mol. The molecule has 0 bridgehead atoms. The molecule has 1 heterocycles. The van der Waals surface area contributed by atoms with Gasteiger partial charge in [-0.05, 0) is 35.9 Å². The Morgan fingerprint density at radius 1 is 1.15 bits per heavy atom. The molecule has 3 nitrogen and oxygen atoms in total. The fraction of sp³-hybridized carbons (Fsp3) is 0.200. The first-order valence-electron chi connectivity index (χ1n) is 6.24. The summed E-state index contributed by atoms with van der Waals surface area (Å²) in [4.78, 5) is 0. The van der Waals surface area contributed by atoms with E-state index in [0.29, 0.717) is 16.5 Å². The summed E-state index contributed by atoms with van der Waals surface area (Å²) >= 11 is 11.9. The molecule has 2 aromatic carbocycles. The maximum Gasteiger partial charge on any atom is 0.134 e. The molecular formula is C15H13Cl2NO2. The molecule has 0 aliphatic carbocycles. The summed E-state index contributed by atoms with van der Waals surface area (Å²) in [6, 6.07) is 10.3. The van der Waals surface area contributed by atoms with Gasteiger partial charge in [-0.25, -0.2) is 0 Å². The lowest BCUT2D eigenvalue weighted by Gasteiger charge is -2.30. The maximum absolute atomic E-state index is 9.47. The Kier molecular flexibility index (Phi) is 3.50. The second-order valence-corrected chi connectivity index (χ2v) is 5.69.